The van der Waals surface area contributed by atoms with Gasteiger partial charge < -0.3 is 9.64 Å². The van der Waals surface area contributed by atoms with Gasteiger partial charge in [0.25, 0.3) is 5.91 Å². The van der Waals surface area contributed by atoms with Crippen LogP contribution in [0.5, 0.6) is 0 Å². The van der Waals surface area contributed by atoms with Crippen LogP contribution in [0, 0.1) is 0 Å². The van der Waals surface area contributed by atoms with E-state index >= 15 is 0 Å². The topological polar surface area (TPSA) is 45.1 Å². The minimum atomic E-state index is -0.0601. The van der Waals surface area contributed by atoms with E-state index in [0.29, 0.717) is 24.4 Å². The van der Waals surface area contributed by atoms with Gasteiger partial charge in [-0.25, -0.2) is 4.99 Å². The van der Waals surface area contributed by atoms with E-state index in [4.69, 9.17) is 9.73 Å². The monoisotopic (exact) mass is 393 g/mol. The highest BCUT2D eigenvalue weighted by atomic mass is 16.5. The van der Waals surface area contributed by atoms with Crippen LogP contribution in [0.4, 0.5) is 5.69 Å². The maximum absolute atomic E-state index is 12.9. The average molecular weight is 394 g/mol. The highest BCUT2D eigenvalue weighted by Crippen LogP contribution is 2.37. The van der Waals surface area contributed by atoms with Crippen molar-refractivity contribution in [3.05, 3.63) is 34.6 Å². The van der Waals surface area contributed by atoms with Crippen molar-refractivity contribution in [2.24, 2.45) is 4.99 Å². The van der Waals surface area contributed by atoms with Crippen molar-refractivity contribution < 1.29 is 9.53 Å². The fraction of sp³-hybridized carbons (Fsp3) is 0.583. The van der Waals surface area contributed by atoms with E-state index in [1.165, 1.54) is 62.0 Å². The number of hydrogen-bond donors (Lipinski definition) is 0. The minimum absolute atomic E-state index is 0.0601. The first-order valence-corrected chi connectivity index (χ1v) is 11.4. The standard InChI is InChI=1S/C24H31N3O2/c1-2-27-23(28)21(29-24(27)25-20-10-4-3-5-11-20)16-17-14-18-8-6-12-26-13-7-9-19(15-17)22(18)26/h14-16,20H,2-13H2,1H3. The Balaban J connectivity index is 1.44. The Morgan fingerprint density at radius 1 is 1.07 bits per heavy atom. The van der Waals surface area contributed by atoms with Crippen LogP contribution >= 0.6 is 0 Å². The van der Waals surface area contributed by atoms with Gasteiger partial charge in [0.2, 0.25) is 0 Å². The molecule has 3 aliphatic heterocycles. The second kappa shape index (κ2) is 7.85. The van der Waals surface area contributed by atoms with Gasteiger partial charge in [0.05, 0.1) is 6.04 Å². The molecule has 1 aliphatic carbocycles. The van der Waals surface area contributed by atoms with Gasteiger partial charge in [-0.05, 0) is 80.3 Å². The third-order valence-corrected chi connectivity index (χ3v) is 6.72. The molecule has 5 heteroatoms. The van der Waals surface area contributed by atoms with E-state index < -0.39 is 0 Å². The van der Waals surface area contributed by atoms with Gasteiger partial charge in [-0.15, -0.1) is 0 Å². The molecule has 154 valence electrons. The number of hydrogen-bond acceptors (Lipinski definition) is 4. The first kappa shape index (κ1) is 18.7. The lowest BCUT2D eigenvalue weighted by atomic mass is 9.90. The van der Waals surface area contributed by atoms with Crippen LogP contribution in [0.2, 0.25) is 0 Å². The van der Waals surface area contributed by atoms with E-state index in [-0.39, 0.29) is 5.91 Å². The molecule has 1 saturated heterocycles. The van der Waals surface area contributed by atoms with Crippen LogP contribution in [-0.4, -0.2) is 42.5 Å². The molecule has 5 nitrogen and oxygen atoms in total. The molecule has 5 rings (SSSR count). The number of nitrogens with zero attached hydrogens (tertiary/aromatic N) is 3. The van der Waals surface area contributed by atoms with Gasteiger partial charge in [0, 0.05) is 25.3 Å². The average Bonchev–Trinajstić information content (AvgIpc) is 3.03. The zero-order valence-corrected chi connectivity index (χ0v) is 17.5. The van der Waals surface area contributed by atoms with E-state index in [9.17, 15) is 4.79 Å². The number of rotatable bonds is 3. The Morgan fingerprint density at radius 3 is 2.41 bits per heavy atom. The van der Waals surface area contributed by atoms with Crippen LogP contribution in [0.3, 0.4) is 0 Å². The number of amidine groups is 1. The first-order chi connectivity index (χ1) is 14.2. The van der Waals surface area contributed by atoms with Crippen molar-refractivity contribution in [3.8, 4) is 0 Å². The second-order valence-electron chi connectivity index (χ2n) is 8.75. The lowest BCUT2D eigenvalue weighted by Gasteiger charge is -2.37. The van der Waals surface area contributed by atoms with E-state index in [2.05, 4.69) is 17.0 Å². The third-order valence-electron chi connectivity index (χ3n) is 6.72. The van der Waals surface area contributed by atoms with Crippen molar-refractivity contribution in [1.29, 1.82) is 0 Å². The molecule has 1 amide bonds. The zero-order valence-electron chi connectivity index (χ0n) is 17.5. The smallest absolute Gasteiger partial charge is 0.300 e. The molecule has 4 aliphatic rings. The Morgan fingerprint density at radius 2 is 1.76 bits per heavy atom. The first-order valence-electron chi connectivity index (χ1n) is 11.4. The molecular weight excluding hydrogens is 362 g/mol. The largest absolute Gasteiger partial charge is 0.420 e. The molecule has 2 fully saturated rings. The fourth-order valence-electron chi connectivity index (χ4n) is 5.31. The molecule has 1 aromatic rings. The number of ether oxygens (including phenoxy) is 1. The summed E-state index contributed by atoms with van der Waals surface area (Å²) in [7, 11) is 0. The number of carbonyl (C=O) groups is 1. The number of anilines is 1. The third kappa shape index (κ3) is 3.56. The molecule has 0 bridgehead atoms. The summed E-state index contributed by atoms with van der Waals surface area (Å²) < 4.78 is 6.01. The van der Waals surface area contributed by atoms with E-state index in [1.54, 1.807) is 4.90 Å². The molecule has 0 N–H and O–H groups in total. The van der Waals surface area contributed by atoms with Crippen molar-refractivity contribution in [2.75, 3.05) is 24.5 Å². The summed E-state index contributed by atoms with van der Waals surface area (Å²) in [6.45, 7) is 4.92. The Labute approximate surface area is 173 Å². The molecule has 0 radical (unpaired) electrons. The SMILES string of the molecule is CCN1C(=O)C(=Cc2cc3c4c(c2)CCCN4CCC3)OC1=NC1CCCCC1. The van der Waals surface area contributed by atoms with Crippen LogP contribution < -0.4 is 4.90 Å². The quantitative estimate of drug-likeness (QED) is 0.720. The molecular formula is C24H31N3O2. The lowest BCUT2D eigenvalue weighted by Crippen LogP contribution is -2.34. The van der Waals surface area contributed by atoms with Crippen molar-refractivity contribution in [2.45, 2.75) is 70.8 Å². The maximum Gasteiger partial charge on any atom is 0.300 e. The van der Waals surface area contributed by atoms with Gasteiger partial charge in [0.1, 0.15) is 0 Å². The molecule has 1 aromatic carbocycles. The predicted molar refractivity (Wildman–Crippen MR) is 116 cm³/mol. The van der Waals surface area contributed by atoms with Crippen molar-refractivity contribution in [3.63, 3.8) is 0 Å². The van der Waals surface area contributed by atoms with Gasteiger partial charge in [-0.1, -0.05) is 19.3 Å². The second-order valence-corrected chi connectivity index (χ2v) is 8.75. The summed E-state index contributed by atoms with van der Waals surface area (Å²) in [5.74, 6) is 0.354. The number of aliphatic imine (C=N–C) groups is 1. The molecule has 0 unspecified atom stereocenters. The highest BCUT2D eigenvalue weighted by molar-refractivity contribution is 6.11. The normalized spacial score (nSPS) is 24.9. The molecule has 1 saturated carbocycles. The van der Waals surface area contributed by atoms with Crippen LogP contribution in [0.25, 0.3) is 6.08 Å². The van der Waals surface area contributed by atoms with Gasteiger partial charge in [0.15, 0.2) is 5.76 Å². The predicted octanol–water partition coefficient (Wildman–Crippen LogP) is 4.29. The van der Waals surface area contributed by atoms with E-state index in [1.807, 2.05) is 13.0 Å². The Bertz CT molecular complexity index is 836. The zero-order chi connectivity index (χ0) is 19.8. The molecule has 29 heavy (non-hydrogen) atoms. The summed E-state index contributed by atoms with van der Waals surface area (Å²) >= 11 is 0. The number of likely N-dealkylation sites (N-methyl/N-ethyl adjacent to an activating group) is 1. The number of benzene rings is 1. The maximum atomic E-state index is 12.9. The highest BCUT2D eigenvalue weighted by Gasteiger charge is 2.34. The summed E-state index contributed by atoms with van der Waals surface area (Å²) in [5.41, 5.74) is 5.39. The summed E-state index contributed by atoms with van der Waals surface area (Å²) in [6, 6.07) is 5.30. The fourth-order valence-corrected chi connectivity index (χ4v) is 5.31. The van der Waals surface area contributed by atoms with Gasteiger partial charge in [-0.2, -0.15) is 0 Å². The van der Waals surface area contributed by atoms with E-state index in [0.717, 1.165) is 31.2 Å². The summed E-state index contributed by atoms with van der Waals surface area (Å²) in [6.07, 6.45) is 12.5. The number of carbonyl (C=O) groups excluding carboxylic acids is 1. The molecule has 0 atom stereocenters. The molecule has 0 aromatic heterocycles. The lowest BCUT2D eigenvalue weighted by molar-refractivity contribution is -0.122. The van der Waals surface area contributed by atoms with Crippen molar-refractivity contribution >= 4 is 23.7 Å². The Hall–Kier alpha value is -2.30. The molecule has 3 heterocycles. The number of amides is 1. The van der Waals surface area contributed by atoms with Crippen LogP contribution in [-0.2, 0) is 22.4 Å². The van der Waals surface area contributed by atoms with Crippen LogP contribution in [0.1, 0.15) is 68.6 Å². The Kier molecular flexibility index (Phi) is 5.06. The van der Waals surface area contributed by atoms with Gasteiger partial charge >= 0.3 is 6.02 Å². The van der Waals surface area contributed by atoms with Crippen LogP contribution in [0.15, 0.2) is 22.9 Å². The summed E-state index contributed by atoms with van der Waals surface area (Å²) in [4.78, 5) is 22.0. The summed E-state index contributed by atoms with van der Waals surface area (Å²) in [5, 5.41) is 0. The van der Waals surface area contributed by atoms with Gasteiger partial charge in [-0.3, -0.25) is 9.69 Å². The number of aryl methyl sites for hydroxylation is 2. The van der Waals surface area contributed by atoms with Crippen molar-refractivity contribution in [1.82, 2.24) is 4.90 Å². The minimum Gasteiger partial charge on any atom is -0.420 e. The molecule has 0 spiro atoms.